The molecular formula is C10H11ClF3NOS. The van der Waals surface area contributed by atoms with Gasteiger partial charge in [0.2, 0.25) is 0 Å². The van der Waals surface area contributed by atoms with E-state index < -0.39 is 12.8 Å². The molecule has 96 valence electrons. The molecule has 1 aromatic carbocycles. The van der Waals surface area contributed by atoms with Gasteiger partial charge in [-0.15, -0.1) is 0 Å². The Morgan fingerprint density at radius 3 is 2.53 bits per heavy atom. The third-order valence-corrected chi connectivity index (χ3v) is 2.66. The molecule has 17 heavy (non-hydrogen) atoms. The van der Waals surface area contributed by atoms with Crippen LogP contribution in [0.4, 0.5) is 13.2 Å². The summed E-state index contributed by atoms with van der Waals surface area (Å²) in [5, 5.41) is 0.101. The van der Waals surface area contributed by atoms with E-state index in [-0.39, 0.29) is 16.8 Å². The van der Waals surface area contributed by atoms with Crippen molar-refractivity contribution >= 4 is 24.2 Å². The Hall–Kier alpha value is -0.590. The smallest absolute Gasteiger partial charge is 0.422 e. The number of hydrogen-bond acceptors (Lipinski definition) is 3. The molecule has 0 radical (unpaired) electrons. The number of ether oxygens (including phenoxy) is 1. The largest absolute Gasteiger partial charge is 0.483 e. The van der Waals surface area contributed by atoms with Crippen LogP contribution >= 0.6 is 24.2 Å². The van der Waals surface area contributed by atoms with E-state index in [1.165, 1.54) is 12.1 Å². The summed E-state index contributed by atoms with van der Waals surface area (Å²) in [5.41, 5.74) is 6.40. The van der Waals surface area contributed by atoms with E-state index in [9.17, 15) is 13.2 Å². The highest BCUT2D eigenvalue weighted by atomic mass is 35.5. The third-order valence-electron chi connectivity index (χ3n) is 1.97. The van der Waals surface area contributed by atoms with Crippen molar-refractivity contribution in [3.05, 3.63) is 28.8 Å². The Balaban J connectivity index is 2.76. The van der Waals surface area contributed by atoms with E-state index in [0.29, 0.717) is 11.3 Å². The van der Waals surface area contributed by atoms with Crippen LogP contribution in [-0.4, -0.2) is 18.5 Å². The monoisotopic (exact) mass is 285 g/mol. The van der Waals surface area contributed by atoms with Gasteiger partial charge in [-0.05, 0) is 17.7 Å². The van der Waals surface area contributed by atoms with Gasteiger partial charge < -0.3 is 10.5 Å². The van der Waals surface area contributed by atoms with Crippen LogP contribution in [0, 0.1) is 0 Å². The zero-order chi connectivity index (χ0) is 13.1. The minimum Gasteiger partial charge on any atom is -0.483 e. The van der Waals surface area contributed by atoms with Crippen molar-refractivity contribution in [3.63, 3.8) is 0 Å². The average molecular weight is 286 g/mol. The van der Waals surface area contributed by atoms with E-state index in [4.69, 9.17) is 17.3 Å². The fourth-order valence-corrected chi connectivity index (χ4v) is 1.58. The van der Waals surface area contributed by atoms with Gasteiger partial charge in [0.1, 0.15) is 5.75 Å². The normalized spacial score (nSPS) is 13.5. The molecule has 0 aromatic heterocycles. The molecule has 1 unspecified atom stereocenters. The topological polar surface area (TPSA) is 35.2 Å². The minimum atomic E-state index is -4.39. The van der Waals surface area contributed by atoms with Crippen LogP contribution in [0.2, 0.25) is 5.02 Å². The lowest BCUT2D eigenvalue weighted by Crippen LogP contribution is -2.19. The van der Waals surface area contributed by atoms with Crippen molar-refractivity contribution in [3.8, 4) is 5.75 Å². The minimum absolute atomic E-state index is 0.0147. The molecule has 0 fully saturated rings. The lowest BCUT2D eigenvalue weighted by molar-refractivity contribution is -0.153. The molecule has 0 spiro atoms. The molecule has 0 aliphatic rings. The first kappa shape index (κ1) is 14.5. The summed E-state index contributed by atoms with van der Waals surface area (Å²) in [6.45, 7) is -1.37. The van der Waals surface area contributed by atoms with Crippen molar-refractivity contribution in [1.82, 2.24) is 0 Å². The first-order chi connectivity index (χ1) is 7.83. The fraction of sp³-hybridized carbons (Fsp3) is 0.400. The summed E-state index contributed by atoms with van der Waals surface area (Å²) in [5.74, 6) is 0.401. The third kappa shape index (κ3) is 4.65. The van der Waals surface area contributed by atoms with Crippen LogP contribution in [0.3, 0.4) is 0 Å². The van der Waals surface area contributed by atoms with Gasteiger partial charge in [-0.25, -0.2) is 0 Å². The highest BCUT2D eigenvalue weighted by Crippen LogP contribution is 2.29. The summed E-state index contributed by atoms with van der Waals surface area (Å²) >= 11 is 9.80. The number of thiol groups is 1. The van der Waals surface area contributed by atoms with E-state index in [2.05, 4.69) is 17.4 Å². The highest BCUT2D eigenvalue weighted by Gasteiger charge is 2.28. The fourth-order valence-electron chi connectivity index (χ4n) is 1.13. The molecule has 1 rings (SSSR count). The summed E-state index contributed by atoms with van der Waals surface area (Å²) in [7, 11) is 0. The second kappa shape index (κ2) is 5.84. The molecule has 2 N–H and O–H groups in total. The molecule has 0 heterocycles. The first-order valence-corrected chi connectivity index (χ1v) is 5.70. The number of nitrogens with two attached hydrogens (primary N) is 1. The summed E-state index contributed by atoms with van der Waals surface area (Å²) < 4.78 is 40.4. The lowest BCUT2D eigenvalue weighted by Gasteiger charge is -2.13. The van der Waals surface area contributed by atoms with Crippen LogP contribution < -0.4 is 10.5 Å². The number of benzene rings is 1. The molecular weight excluding hydrogens is 275 g/mol. The molecule has 0 aliphatic heterocycles. The zero-order valence-corrected chi connectivity index (χ0v) is 10.3. The highest BCUT2D eigenvalue weighted by molar-refractivity contribution is 7.80. The van der Waals surface area contributed by atoms with Gasteiger partial charge in [0.05, 0.1) is 5.02 Å². The van der Waals surface area contributed by atoms with Crippen molar-refractivity contribution in [2.24, 2.45) is 5.73 Å². The molecule has 1 aromatic rings. The Morgan fingerprint density at radius 1 is 1.41 bits per heavy atom. The molecule has 0 saturated carbocycles. The Bertz CT molecular complexity index is 386. The Morgan fingerprint density at radius 2 is 2.06 bits per heavy atom. The van der Waals surface area contributed by atoms with Crippen LogP contribution in [0.25, 0.3) is 0 Å². The van der Waals surface area contributed by atoms with E-state index in [1.807, 2.05) is 0 Å². The van der Waals surface area contributed by atoms with Crippen molar-refractivity contribution in [1.29, 1.82) is 0 Å². The van der Waals surface area contributed by atoms with Gasteiger partial charge in [0, 0.05) is 11.8 Å². The summed E-state index contributed by atoms with van der Waals surface area (Å²) in [6, 6.07) is 4.10. The second-order valence-electron chi connectivity index (χ2n) is 3.38. The maximum atomic E-state index is 11.9. The molecule has 0 bridgehead atoms. The SMILES string of the molecule is NC(CS)c1ccc(OCC(F)(F)F)c(Cl)c1. The van der Waals surface area contributed by atoms with E-state index in [0.717, 1.165) is 0 Å². The number of hydrogen-bond donors (Lipinski definition) is 2. The quantitative estimate of drug-likeness (QED) is 0.833. The predicted molar refractivity (Wildman–Crippen MR) is 63.8 cm³/mol. The number of rotatable bonds is 4. The van der Waals surface area contributed by atoms with E-state index in [1.54, 1.807) is 6.07 Å². The van der Waals surface area contributed by atoms with Crippen molar-refractivity contribution in [2.75, 3.05) is 12.4 Å². The van der Waals surface area contributed by atoms with Crippen LogP contribution in [0.15, 0.2) is 18.2 Å². The summed E-state index contributed by atoms with van der Waals surface area (Å²) in [6.07, 6.45) is -4.39. The van der Waals surface area contributed by atoms with Gasteiger partial charge in [0.15, 0.2) is 6.61 Å². The lowest BCUT2D eigenvalue weighted by atomic mass is 10.1. The molecule has 1 atom stereocenters. The zero-order valence-electron chi connectivity index (χ0n) is 8.67. The number of halogens is 4. The maximum absolute atomic E-state index is 11.9. The molecule has 0 saturated heterocycles. The Kier molecular flexibility index (Phi) is 4.97. The molecule has 7 heteroatoms. The van der Waals surface area contributed by atoms with E-state index >= 15 is 0 Å². The van der Waals surface area contributed by atoms with Gasteiger partial charge in [0.25, 0.3) is 0 Å². The molecule has 0 aliphatic carbocycles. The van der Waals surface area contributed by atoms with Crippen LogP contribution in [-0.2, 0) is 0 Å². The first-order valence-electron chi connectivity index (χ1n) is 4.69. The average Bonchev–Trinajstić information content (AvgIpc) is 2.25. The standard InChI is InChI=1S/C10H11ClF3NOS/c11-7-3-6(8(15)4-17)1-2-9(7)16-5-10(12,13)14/h1-3,8,17H,4-5,15H2. The predicted octanol–water partition coefficient (Wildman–Crippen LogP) is 3.21. The second-order valence-corrected chi connectivity index (χ2v) is 4.16. The van der Waals surface area contributed by atoms with Gasteiger partial charge in [-0.3, -0.25) is 0 Å². The Labute approximate surface area is 107 Å². The summed E-state index contributed by atoms with van der Waals surface area (Å²) in [4.78, 5) is 0. The maximum Gasteiger partial charge on any atom is 0.422 e. The van der Waals surface area contributed by atoms with Gasteiger partial charge in [-0.2, -0.15) is 25.8 Å². The number of alkyl halides is 3. The van der Waals surface area contributed by atoms with Crippen LogP contribution in [0.5, 0.6) is 5.75 Å². The van der Waals surface area contributed by atoms with Gasteiger partial charge >= 0.3 is 6.18 Å². The molecule has 0 amide bonds. The van der Waals surface area contributed by atoms with Crippen molar-refractivity contribution < 1.29 is 17.9 Å². The van der Waals surface area contributed by atoms with Crippen molar-refractivity contribution in [2.45, 2.75) is 12.2 Å². The van der Waals surface area contributed by atoms with Crippen LogP contribution in [0.1, 0.15) is 11.6 Å². The van der Waals surface area contributed by atoms with Gasteiger partial charge in [-0.1, -0.05) is 17.7 Å². The molecule has 2 nitrogen and oxygen atoms in total.